The van der Waals surface area contributed by atoms with Crippen molar-refractivity contribution in [1.29, 1.82) is 0 Å². The van der Waals surface area contributed by atoms with E-state index in [1.54, 1.807) is 0 Å². The van der Waals surface area contributed by atoms with E-state index in [0.717, 1.165) is 52.0 Å². The fourth-order valence-electron chi connectivity index (χ4n) is 5.13. The van der Waals surface area contributed by atoms with Gasteiger partial charge in [-0.3, -0.25) is 0 Å². The number of phenolic OH excluding ortho intramolecular Hbond substituents is 2. The number of rotatable bonds is 4. The van der Waals surface area contributed by atoms with E-state index in [1.165, 1.54) is 10.3 Å². The monoisotopic (exact) mass is 784 g/mol. The number of benzene rings is 3. The molecule has 1 saturated heterocycles. The molecule has 240 valence electrons. The molecule has 1 aliphatic heterocycles. The smallest absolute Gasteiger partial charge is 0.00878 e. The van der Waals surface area contributed by atoms with Crippen molar-refractivity contribution in [3.8, 4) is 33.8 Å². The number of para-hydroxylation sites is 2. The average molecular weight is 785 g/mol. The molecule has 0 aromatic heterocycles. The van der Waals surface area contributed by atoms with Crippen molar-refractivity contribution in [2.75, 3.05) is 6.61 Å². The summed E-state index contributed by atoms with van der Waals surface area (Å²) in [6.07, 6.45) is 2.38. The Kier molecular flexibility index (Phi) is 11.6. The molecule has 0 bridgehead atoms. The number of aromatic hydroxyl groups is 2. The molecule has 0 amide bonds. The van der Waals surface area contributed by atoms with Gasteiger partial charge >= 0.3 is 247 Å². The van der Waals surface area contributed by atoms with Crippen molar-refractivity contribution in [3.63, 3.8) is 0 Å². The summed E-state index contributed by atoms with van der Waals surface area (Å²) in [5.74, 6) is 0.660. The SMILES string of the molecule is CC(C)(C)[C](=[W]=[N][Si](C)(C)C)c1c(-c2cccc(C(C)(C)C)c2O)cccc1-c1cccc(C(C)(C)C)c1O.[CH-]1CCCO1. The molecular formula is C38H54NO3SiW-. The van der Waals surface area contributed by atoms with Crippen LogP contribution in [0.1, 0.15) is 91.8 Å². The average Bonchev–Trinajstić information content (AvgIpc) is 3.47. The third-order valence-corrected chi connectivity index (χ3v) is 18.5. The Bertz CT molecular complexity index is 1430. The van der Waals surface area contributed by atoms with Crippen molar-refractivity contribution in [1.82, 2.24) is 0 Å². The first-order chi connectivity index (χ1) is 20.2. The maximum absolute atomic E-state index is 11.7. The number of ether oxygens (including phenoxy) is 1. The second-order valence-corrected chi connectivity index (χ2v) is 24.4. The molecule has 3 aromatic carbocycles. The quantitative estimate of drug-likeness (QED) is 0.205. The topological polar surface area (TPSA) is 62.1 Å². The third-order valence-electron chi connectivity index (χ3n) is 7.35. The van der Waals surface area contributed by atoms with Gasteiger partial charge in [0.15, 0.2) is 0 Å². The van der Waals surface area contributed by atoms with Crippen molar-refractivity contribution < 1.29 is 32.9 Å². The summed E-state index contributed by atoms with van der Waals surface area (Å²) >= 11 is -1.31. The number of phenols is 2. The van der Waals surface area contributed by atoms with Gasteiger partial charge in [0.25, 0.3) is 0 Å². The van der Waals surface area contributed by atoms with Crippen molar-refractivity contribution in [3.05, 3.63) is 77.9 Å². The maximum Gasteiger partial charge on any atom is 0.00878 e. The molecule has 1 fully saturated rings. The van der Waals surface area contributed by atoms with Gasteiger partial charge in [-0.15, -0.1) is 0 Å². The molecule has 0 spiro atoms. The van der Waals surface area contributed by atoms with Crippen molar-refractivity contribution in [2.24, 2.45) is 8.58 Å². The van der Waals surface area contributed by atoms with E-state index in [-0.39, 0.29) is 16.2 Å². The molecule has 0 radical (unpaired) electrons. The predicted molar refractivity (Wildman–Crippen MR) is 187 cm³/mol. The molecule has 6 heteroatoms. The normalized spacial score (nSPS) is 14.1. The molecule has 3 aromatic rings. The van der Waals surface area contributed by atoms with Gasteiger partial charge in [0.05, 0.1) is 0 Å². The Labute approximate surface area is 276 Å². The van der Waals surface area contributed by atoms with Gasteiger partial charge in [0.2, 0.25) is 0 Å². The van der Waals surface area contributed by atoms with E-state index in [1.807, 2.05) is 43.0 Å². The van der Waals surface area contributed by atoms with Gasteiger partial charge in [0, 0.05) is 6.61 Å². The Hall–Kier alpha value is -2.20. The minimum atomic E-state index is -1.63. The first kappa shape index (κ1) is 36.3. The van der Waals surface area contributed by atoms with Gasteiger partial charge in [-0.1, -0.05) is 6.42 Å². The largest absolute Gasteiger partial charge is 0.552 e. The molecule has 1 aliphatic rings. The minimum Gasteiger partial charge on any atom is -0.552 e. The molecular weight excluding hydrogens is 730 g/mol. The van der Waals surface area contributed by atoms with Crippen LogP contribution >= 0.6 is 0 Å². The van der Waals surface area contributed by atoms with Crippen LogP contribution < -0.4 is 0 Å². The summed E-state index contributed by atoms with van der Waals surface area (Å²) in [6.45, 7) is 29.3. The zero-order valence-corrected chi connectivity index (χ0v) is 33.0. The van der Waals surface area contributed by atoms with E-state index in [0.29, 0.717) is 11.5 Å². The van der Waals surface area contributed by atoms with E-state index in [2.05, 4.69) is 100 Å². The molecule has 0 unspecified atom stereocenters. The minimum absolute atomic E-state index is 0.118. The summed E-state index contributed by atoms with van der Waals surface area (Å²) in [7, 11) is -1.63. The molecule has 0 atom stereocenters. The maximum atomic E-state index is 11.7. The van der Waals surface area contributed by atoms with Gasteiger partial charge in [0.1, 0.15) is 0 Å². The number of nitrogens with zero attached hydrogens (tertiary/aromatic N) is 1. The number of hydrogen-bond acceptors (Lipinski definition) is 4. The van der Waals surface area contributed by atoms with Crippen LogP contribution in [0, 0.1) is 12.0 Å². The molecule has 4 rings (SSSR count). The van der Waals surface area contributed by atoms with E-state index >= 15 is 0 Å². The van der Waals surface area contributed by atoms with Gasteiger partial charge in [-0.05, 0) is 0 Å². The van der Waals surface area contributed by atoms with Crippen LogP contribution in [0.2, 0.25) is 19.6 Å². The summed E-state index contributed by atoms with van der Waals surface area (Å²) in [4.78, 5) is 0. The van der Waals surface area contributed by atoms with Crippen LogP contribution in [0.25, 0.3) is 22.3 Å². The van der Waals surface area contributed by atoms with Crippen LogP contribution in [0.3, 0.4) is 0 Å². The Balaban J connectivity index is 0.000000958. The second kappa shape index (κ2) is 14.1. The van der Waals surface area contributed by atoms with Crippen molar-refractivity contribution >= 4 is 12.1 Å². The number of hydrogen-bond donors (Lipinski definition) is 2. The Morgan fingerprint density at radius 2 is 1.16 bits per heavy atom. The first-order valence-corrected chi connectivity index (χ1v) is 21.9. The zero-order chi connectivity index (χ0) is 33.1. The van der Waals surface area contributed by atoms with Crippen molar-refractivity contribution in [2.45, 2.75) is 106 Å². The molecule has 44 heavy (non-hydrogen) atoms. The molecule has 1 heterocycles. The summed E-state index contributed by atoms with van der Waals surface area (Å²) in [6, 6.07) is 18.5. The van der Waals surface area contributed by atoms with Crippen LogP contribution in [-0.4, -0.2) is 29.0 Å². The Morgan fingerprint density at radius 3 is 1.48 bits per heavy atom. The fourth-order valence-corrected chi connectivity index (χ4v) is 11.5. The predicted octanol–water partition coefficient (Wildman–Crippen LogP) is 10.7. The molecule has 0 aliphatic carbocycles. The second-order valence-electron chi connectivity index (χ2n) is 15.7. The molecule has 2 N–H and O–H groups in total. The van der Waals surface area contributed by atoms with E-state index < -0.39 is 26.2 Å². The van der Waals surface area contributed by atoms with Crippen LogP contribution in [0.4, 0.5) is 0 Å². The van der Waals surface area contributed by atoms with Gasteiger partial charge < -0.3 is 4.74 Å². The van der Waals surface area contributed by atoms with E-state index in [4.69, 9.17) is 7.90 Å². The van der Waals surface area contributed by atoms with Crippen LogP contribution in [-0.2, 0) is 33.5 Å². The van der Waals surface area contributed by atoms with E-state index in [9.17, 15) is 10.2 Å². The summed E-state index contributed by atoms with van der Waals surface area (Å²) in [5.41, 5.74) is 6.15. The van der Waals surface area contributed by atoms with Crippen LogP contribution in [0.15, 0.2) is 57.8 Å². The molecule has 0 saturated carbocycles. The van der Waals surface area contributed by atoms with Gasteiger partial charge in [-0.25, -0.2) is 6.61 Å². The first-order valence-electron chi connectivity index (χ1n) is 15.7. The summed E-state index contributed by atoms with van der Waals surface area (Å²) in [5, 5.41) is 23.3. The van der Waals surface area contributed by atoms with Crippen LogP contribution in [0.5, 0.6) is 11.5 Å². The molecule has 4 nitrogen and oxygen atoms in total. The zero-order valence-electron chi connectivity index (χ0n) is 29.1. The fraction of sp³-hybridized carbons (Fsp3) is 0.474. The third kappa shape index (κ3) is 9.18. The Morgan fingerprint density at radius 1 is 0.727 bits per heavy atom. The standard InChI is InChI=1S/C31H38O2.C4H7O.C3H9NSi.W/c1-29(2,3)19-24-20(22-15-11-17-25(27(22)32)30(4,5)6)13-10-14-21(24)23-16-12-18-26(28(23)33)31(7,8)9;1-2-4-5-3-1;1-5(2,3)4;/h10-18,32-33H,1-9H3;3H,1-2,4H2;1-3H3;/q;-1;;. The summed E-state index contributed by atoms with van der Waals surface area (Å²) < 4.78 is 11.6. The van der Waals surface area contributed by atoms with Gasteiger partial charge in [-0.2, -0.15) is 6.42 Å².